The van der Waals surface area contributed by atoms with Crippen LogP contribution in [0.2, 0.25) is 5.02 Å². The number of guanidine groups is 1. The van der Waals surface area contributed by atoms with Crippen LogP contribution >= 0.6 is 35.6 Å². The van der Waals surface area contributed by atoms with Gasteiger partial charge in [-0.3, -0.25) is 9.67 Å². The molecule has 0 radical (unpaired) electrons. The summed E-state index contributed by atoms with van der Waals surface area (Å²) in [5.74, 6) is 1.54. The van der Waals surface area contributed by atoms with Gasteiger partial charge in [0.05, 0.1) is 12.8 Å². The highest BCUT2D eigenvalue weighted by Gasteiger charge is 2.13. The lowest BCUT2D eigenvalue weighted by atomic mass is 10.1. The molecule has 0 saturated carbocycles. The monoisotopic (exact) mass is 519 g/mol. The molecule has 1 aromatic carbocycles. The number of hydrogen-bond acceptors (Lipinski definition) is 3. The molecule has 2 aromatic rings. The topological polar surface area (TPSA) is 63.5 Å². The minimum Gasteiger partial charge on any atom is -0.497 e. The minimum atomic E-state index is 0. The fourth-order valence-electron chi connectivity index (χ4n) is 3.16. The first kappa shape index (κ1) is 24.6. The first-order valence-electron chi connectivity index (χ1n) is 9.34. The highest BCUT2D eigenvalue weighted by Crippen LogP contribution is 2.22. The maximum atomic E-state index is 6.30. The molecule has 0 amide bonds. The third kappa shape index (κ3) is 6.27. The SMILES string of the molecule is CCc1nn(C)c(CC)c1CNC(=NC)NCCc1ccc(OC)cc1Cl.I. The second kappa shape index (κ2) is 12.2. The van der Waals surface area contributed by atoms with Crippen LogP contribution in [0.25, 0.3) is 0 Å². The van der Waals surface area contributed by atoms with E-state index in [9.17, 15) is 0 Å². The summed E-state index contributed by atoms with van der Waals surface area (Å²) in [6.07, 6.45) is 2.69. The van der Waals surface area contributed by atoms with E-state index in [0.717, 1.165) is 53.8 Å². The van der Waals surface area contributed by atoms with Crippen molar-refractivity contribution in [1.29, 1.82) is 0 Å². The quantitative estimate of drug-likeness (QED) is 0.317. The second-order valence-electron chi connectivity index (χ2n) is 6.26. The number of rotatable bonds is 8. The van der Waals surface area contributed by atoms with Crippen LogP contribution in [0, 0.1) is 0 Å². The third-order valence-electron chi connectivity index (χ3n) is 4.63. The number of ether oxygens (including phenoxy) is 1. The Labute approximate surface area is 190 Å². The zero-order valence-electron chi connectivity index (χ0n) is 17.3. The zero-order chi connectivity index (χ0) is 19.8. The lowest BCUT2D eigenvalue weighted by Gasteiger charge is -2.13. The molecule has 8 heteroatoms. The molecule has 156 valence electrons. The number of methoxy groups -OCH3 is 1. The predicted octanol–water partition coefficient (Wildman–Crippen LogP) is 3.73. The number of benzene rings is 1. The molecular weight excluding hydrogens is 489 g/mol. The maximum absolute atomic E-state index is 6.30. The fraction of sp³-hybridized carbons (Fsp3) is 0.500. The largest absolute Gasteiger partial charge is 0.497 e. The zero-order valence-corrected chi connectivity index (χ0v) is 20.4. The lowest BCUT2D eigenvalue weighted by molar-refractivity contribution is 0.414. The Hall–Kier alpha value is -1.48. The molecule has 1 aromatic heterocycles. The fourth-order valence-corrected chi connectivity index (χ4v) is 3.43. The van der Waals surface area contributed by atoms with Crippen molar-refractivity contribution in [3.8, 4) is 5.75 Å². The van der Waals surface area contributed by atoms with Crippen LogP contribution in [0.3, 0.4) is 0 Å². The van der Waals surface area contributed by atoms with Gasteiger partial charge in [-0.05, 0) is 37.0 Å². The summed E-state index contributed by atoms with van der Waals surface area (Å²) in [4.78, 5) is 4.32. The Kier molecular flexibility index (Phi) is 10.7. The van der Waals surface area contributed by atoms with E-state index in [4.69, 9.17) is 16.3 Å². The van der Waals surface area contributed by atoms with Crippen LogP contribution in [0.5, 0.6) is 5.75 Å². The Morgan fingerprint density at radius 2 is 2.00 bits per heavy atom. The summed E-state index contributed by atoms with van der Waals surface area (Å²) >= 11 is 6.30. The van der Waals surface area contributed by atoms with E-state index in [-0.39, 0.29) is 24.0 Å². The van der Waals surface area contributed by atoms with Crippen LogP contribution in [0.1, 0.15) is 36.4 Å². The predicted molar refractivity (Wildman–Crippen MR) is 127 cm³/mol. The molecule has 0 spiro atoms. The summed E-state index contributed by atoms with van der Waals surface area (Å²) in [5, 5.41) is 12.1. The minimum absolute atomic E-state index is 0. The molecule has 0 unspecified atom stereocenters. The molecule has 0 aliphatic rings. The highest BCUT2D eigenvalue weighted by atomic mass is 127. The molecule has 0 bridgehead atoms. The van der Waals surface area contributed by atoms with Crippen molar-refractivity contribution in [2.75, 3.05) is 20.7 Å². The highest BCUT2D eigenvalue weighted by molar-refractivity contribution is 14.0. The van der Waals surface area contributed by atoms with Crippen molar-refractivity contribution >= 4 is 41.5 Å². The first-order chi connectivity index (χ1) is 13.0. The Bertz CT molecular complexity index is 791. The third-order valence-corrected chi connectivity index (χ3v) is 4.98. The molecule has 0 aliphatic carbocycles. The average Bonchev–Trinajstić information content (AvgIpc) is 2.99. The number of halogens is 2. The second-order valence-corrected chi connectivity index (χ2v) is 6.67. The van der Waals surface area contributed by atoms with E-state index in [1.807, 2.05) is 29.9 Å². The maximum Gasteiger partial charge on any atom is 0.191 e. The van der Waals surface area contributed by atoms with Crippen molar-refractivity contribution in [1.82, 2.24) is 20.4 Å². The molecule has 0 fully saturated rings. The van der Waals surface area contributed by atoms with Crippen LogP contribution in [-0.4, -0.2) is 36.4 Å². The van der Waals surface area contributed by atoms with E-state index < -0.39 is 0 Å². The molecule has 2 N–H and O–H groups in total. The summed E-state index contributed by atoms with van der Waals surface area (Å²) in [6.45, 7) is 5.74. The van der Waals surface area contributed by atoms with Gasteiger partial charge in [0.1, 0.15) is 5.75 Å². The number of aliphatic imine (C=N–C) groups is 1. The molecule has 0 saturated heterocycles. The van der Waals surface area contributed by atoms with E-state index >= 15 is 0 Å². The van der Waals surface area contributed by atoms with E-state index in [1.54, 1.807) is 14.2 Å². The van der Waals surface area contributed by atoms with Gasteiger partial charge in [-0.25, -0.2) is 0 Å². The van der Waals surface area contributed by atoms with Crippen molar-refractivity contribution in [2.24, 2.45) is 12.0 Å². The van der Waals surface area contributed by atoms with Crippen LogP contribution < -0.4 is 15.4 Å². The van der Waals surface area contributed by atoms with Crippen LogP contribution in [-0.2, 0) is 32.9 Å². The van der Waals surface area contributed by atoms with Crippen LogP contribution in [0.15, 0.2) is 23.2 Å². The van der Waals surface area contributed by atoms with Gasteiger partial charge in [0.25, 0.3) is 0 Å². The number of hydrogen-bond donors (Lipinski definition) is 2. The van der Waals surface area contributed by atoms with Gasteiger partial charge in [-0.15, -0.1) is 24.0 Å². The molecule has 1 heterocycles. The van der Waals surface area contributed by atoms with Crippen molar-refractivity contribution in [3.05, 3.63) is 45.7 Å². The van der Waals surface area contributed by atoms with Gasteiger partial charge >= 0.3 is 0 Å². The van der Waals surface area contributed by atoms with Gasteiger partial charge in [-0.2, -0.15) is 5.10 Å². The summed E-state index contributed by atoms with van der Waals surface area (Å²) in [5.41, 5.74) is 4.75. The molecule has 0 atom stereocenters. The van der Waals surface area contributed by atoms with Gasteiger partial charge < -0.3 is 15.4 Å². The molecule has 28 heavy (non-hydrogen) atoms. The molecule has 6 nitrogen and oxygen atoms in total. The first-order valence-corrected chi connectivity index (χ1v) is 9.72. The van der Waals surface area contributed by atoms with Crippen molar-refractivity contribution in [2.45, 2.75) is 39.7 Å². The van der Waals surface area contributed by atoms with Crippen LogP contribution in [0.4, 0.5) is 0 Å². The molecule has 2 rings (SSSR count). The summed E-state index contributed by atoms with van der Waals surface area (Å²) in [6, 6.07) is 5.76. The standard InChI is InChI=1S/C20H30ClN5O.HI/c1-6-18-16(19(7-2)26(4)25-18)13-24-20(22-3)23-11-10-14-8-9-15(27-5)12-17(14)21;/h8-9,12H,6-7,10-11,13H2,1-5H3,(H2,22,23,24);1H. The Balaban J connectivity index is 0.00000392. The molecular formula is C20H31ClIN5O. The van der Waals surface area contributed by atoms with Crippen molar-refractivity contribution < 1.29 is 4.74 Å². The average molecular weight is 520 g/mol. The number of aromatic nitrogens is 2. The van der Waals surface area contributed by atoms with Gasteiger partial charge in [0, 0.05) is 43.5 Å². The number of aryl methyl sites for hydroxylation is 2. The van der Waals surface area contributed by atoms with Gasteiger partial charge in [0.15, 0.2) is 5.96 Å². The lowest BCUT2D eigenvalue weighted by Crippen LogP contribution is -2.38. The molecule has 0 aliphatic heterocycles. The Morgan fingerprint density at radius 3 is 2.57 bits per heavy atom. The number of nitrogens with zero attached hydrogens (tertiary/aromatic N) is 3. The number of nitrogens with one attached hydrogen (secondary N) is 2. The summed E-state index contributed by atoms with van der Waals surface area (Å²) < 4.78 is 7.17. The van der Waals surface area contributed by atoms with E-state index in [1.165, 1.54) is 11.3 Å². The summed E-state index contributed by atoms with van der Waals surface area (Å²) in [7, 11) is 5.42. The van der Waals surface area contributed by atoms with Gasteiger partial charge in [0.2, 0.25) is 0 Å². The van der Waals surface area contributed by atoms with E-state index in [2.05, 4.69) is 34.6 Å². The van der Waals surface area contributed by atoms with E-state index in [0.29, 0.717) is 6.54 Å². The Morgan fingerprint density at radius 1 is 1.25 bits per heavy atom. The van der Waals surface area contributed by atoms with Crippen molar-refractivity contribution in [3.63, 3.8) is 0 Å². The normalized spacial score (nSPS) is 11.1. The van der Waals surface area contributed by atoms with Gasteiger partial charge in [-0.1, -0.05) is 31.5 Å². The smallest absolute Gasteiger partial charge is 0.191 e.